The van der Waals surface area contributed by atoms with E-state index in [1.54, 1.807) is 14.1 Å². The second-order valence-corrected chi connectivity index (χ2v) is 7.03. The van der Waals surface area contributed by atoms with Crippen LogP contribution in [0.5, 0.6) is 5.75 Å². The molecule has 1 aromatic carbocycles. The van der Waals surface area contributed by atoms with Gasteiger partial charge >= 0.3 is 12.8 Å². The lowest BCUT2D eigenvalue weighted by Crippen LogP contribution is -2.48. The van der Waals surface area contributed by atoms with E-state index in [9.17, 15) is 26.7 Å². The van der Waals surface area contributed by atoms with E-state index in [1.807, 2.05) is 0 Å². The van der Waals surface area contributed by atoms with Crippen molar-refractivity contribution in [2.75, 3.05) is 35.8 Å². The highest BCUT2D eigenvalue weighted by atomic mass is 19.4. The summed E-state index contributed by atoms with van der Waals surface area (Å²) < 4.78 is 68.5. The maximum absolute atomic E-state index is 13.2. The fraction of sp³-hybridized carbons (Fsp3) is 0.421. The highest BCUT2D eigenvalue weighted by Crippen LogP contribution is 2.31. The minimum atomic E-state index is -4.67. The quantitative estimate of drug-likeness (QED) is 0.683. The van der Waals surface area contributed by atoms with Crippen LogP contribution in [0.4, 0.5) is 39.4 Å². The van der Waals surface area contributed by atoms with Gasteiger partial charge in [0.1, 0.15) is 17.6 Å². The van der Waals surface area contributed by atoms with Gasteiger partial charge in [0.25, 0.3) is 0 Å². The van der Waals surface area contributed by atoms with Gasteiger partial charge in [0.2, 0.25) is 11.9 Å². The Hall–Kier alpha value is -3.18. The molecule has 31 heavy (non-hydrogen) atoms. The predicted molar refractivity (Wildman–Crippen MR) is 103 cm³/mol. The van der Waals surface area contributed by atoms with Crippen molar-refractivity contribution >= 4 is 23.4 Å². The van der Waals surface area contributed by atoms with Gasteiger partial charge in [0.15, 0.2) is 5.69 Å². The van der Waals surface area contributed by atoms with Crippen molar-refractivity contribution in [1.82, 2.24) is 9.97 Å². The Morgan fingerprint density at radius 3 is 2.45 bits per heavy atom. The molecule has 0 spiro atoms. The minimum Gasteiger partial charge on any atom is -0.435 e. The first-order valence-electron chi connectivity index (χ1n) is 9.31. The number of benzene rings is 1. The normalized spacial score (nSPS) is 17.1. The Bertz CT molecular complexity index is 921. The number of ether oxygens (including phenoxy) is 1. The lowest BCUT2D eigenvalue weighted by molar-refractivity contribution is -0.141. The third kappa shape index (κ3) is 5.50. The summed E-state index contributed by atoms with van der Waals surface area (Å²) in [5, 5.41) is 2.71. The van der Waals surface area contributed by atoms with Crippen molar-refractivity contribution in [2.24, 2.45) is 0 Å². The number of alkyl halides is 5. The number of amides is 1. The monoisotopic (exact) mass is 445 g/mol. The summed E-state index contributed by atoms with van der Waals surface area (Å²) in [5.41, 5.74) is -0.666. The van der Waals surface area contributed by atoms with Crippen LogP contribution in [-0.4, -0.2) is 49.2 Å². The van der Waals surface area contributed by atoms with E-state index in [0.717, 1.165) is 6.07 Å². The predicted octanol–water partition coefficient (Wildman–Crippen LogP) is 3.77. The smallest absolute Gasteiger partial charge is 0.433 e. The topological polar surface area (TPSA) is 70.6 Å². The number of hydrogen-bond donors (Lipinski definition) is 1. The molecule has 1 amide bonds. The van der Waals surface area contributed by atoms with Gasteiger partial charge in [-0.3, -0.25) is 4.79 Å². The summed E-state index contributed by atoms with van der Waals surface area (Å²) in [7, 11) is 3.09. The lowest BCUT2D eigenvalue weighted by Gasteiger charge is -2.33. The molecule has 0 aliphatic carbocycles. The fourth-order valence-electron chi connectivity index (χ4n) is 3.10. The van der Waals surface area contributed by atoms with Crippen LogP contribution in [0.1, 0.15) is 18.5 Å². The fourth-order valence-corrected chi connectivity index (χ4v) is 3.10. The average molecular weight is 445 g/mol. The SMILES string of the molecule is CN(C)c1cc(C(F)(F)F)nc(N[C@H]2CCCN(c3ccc(OC(F)F)cc3)C2=O)n1. The molecule has 1 aliphatic rings. The van der Waals surface area contributed by atoms with Crippen molar-refractivity contribution < 1.29 is 31.5 Å². The number of hydrogen-bond acceptors (Lipinski definition) is 6. The zero-order valence-corrected chi connectivity index (χ0v) is 16.7. The van der Waals surface area contributed by atoms with Crippen LogP contribution in [0.3, 0.4) is 0 Å². The molecule has 2 aromatic rings. The first kappa shape index (κ1) is 22.5. The molecule has 3 rings (SSSR count). The molecule has 1 atom stereocenters. The maximum Gasteiger partial charge on any atom is 0.433 e. The molecular weight excluding hydrogens is 425 g/mol. The standard InChI is InChI=1S/C19H20F5N5O2/c1-28(2)15-10-14(19(22,23)24)26-18(27-15)25-13-4-3-9-29(16(13)30)11-5-7-12(8-6-11)31-17(20)21/h5-8,10,13,17H,3-4,9H2,1-2H3,(H,25,26,27)/t13-/m0/s1. The van der Waals surface area contributed by atoms with E-state index in [-0.39, 0.29) is 23.4 Å². The van der Waals surface area contributed by atoms with Crippen LogP contribution in [0, 0.1) is 0 Å². The first-order valence-corrected chi connectivity index (χ1v) is 9.31. The summed E-state index contributed by atoms with van der Waals surface area (Å²) in [5.74, 6) is -0.702. The number of nitrogens with zero attached hydrogens (tertiary/aromatic N) is 4. The number of carbonyl (C=O) groups excluding carboxylic acids is 1. The van der Waals surface area contributed by atoms with Gasteiger partial charge in [-0.05, 0) is 37.1 Å². The Labute approximate surface area is 174 Å². The molecule has 0 radical (unpaired) electrons. The van der Waals surface area contributed by atoms with Crippen LogP contribution in [-0.2, 0) is 11.0 Å². The third-order valence-electron chi connectivity index (χ3n) is 4.58. The summed E-state index contributed by atoms with van der Waals surface area (Å²) in [4.78, 5) is 23.3. The number of carbonyl (C=O) groups is 1. The van der Waals surface area contributed by atoms with Crippen molar-refractivity contribution in [3.63, 3.8) is 0 Å². The Morgan fingerprint density at radius 2 is 1.87 bits per heavy atom. The zero-order valence-electron chi connectivity index (χ0n) is 16.7. The molecule has 1 saturated heterocycles. The number of aromatic nitrogens is 2. The molecule has 7 nitrogen and oxygen atoms in total. The van der Waals surface area contributed by atoms with Crippen molar-refractivity contribution in [3.8, 4) is 5.75 Å². The molecule has 2 heterocycles. The van der Waals surface area contributed by atoms with Gasteiger partial charge in [0, 0.05) is 32.4 Å². The van der Waals surface area contributed by atoms with E-state index in [2.05, 4.69) is 20.0 Å². The maximum atomic E-state index is 13.2. The number of piperidine rings is 1. The van der Waals surface area contributed by atoms with Gasteiger partial charge in [-0.2, -0.15) is 26.9 Å². The van der Waals surface area contributed by atoms with Crippen molar-refractivity contribution in [2.45, 2.75) is 31.7 Å². The summed E-state index contributed by atoms with van der Waals surface area (Å²) in [6.45, 7) is -2.59. The Morgan fingerprint density at radius 1 is 1.19 bits per heavy atom. The summed E-state index contributed by atoms with van der Waals surface area (Å²) in [6, 6.07) is 5.52. The van der Waals surface area contributed by atoms with Crippen LogP contribution in [0.25, 0.3) is 0 Å². The molecule has 1 fully saturated rings. The largest absolute Gasteiger partial charge is 0.435 e. The Kier molecular flexibility index (Phi) is 6.46. The highest BCUT2D eigenvalue weighted by molar-refractivity contribution is 5.99. The zero-order chi connectivity index (χ0) is 22.8. The minimum absolute atomic E-state index is 0.0413. The average Bonchev–Trinajstić information content (AvgIpc) is 2.69. The molecule has 0 unspecified atom stereocenters. The number of nitrogens with one attached hydrogen (secondary N) is 1. The van der Waals surface area contributed by atoms with E-state index in [0.29, 0.717) is 25.1 Å². The van der Waals surface area contributed by atoms with E-state index >= 15 is 0 Å². The Balaban J connectivity index is 1.80. The van der Waals surface area contributed by atoms with Crippen LogP contribution < -0.4 is 19.9 Å². The summed E-state index contributed by atoms with van der Waals surface area (Å²) in [6.07, 6.45) is -3.73. The molecule has 1 aliphatic heterocycles. The van der Waals surface area contributed by atoms with Gasteiger partial charge in [-0.1, -0.05) is 0 Å². The van der Waals surface area contributed by atoms with Gasteiger partial charge in [0.05, 0.1) is 0 Å². The number of halogens is 5. The van der Waals surface area contributed by atoms with Crippen LogP contribution >= 0.6 is 0 Å². The second-order valence-electron chi connectivity index (χ2n) is 7.03. The molecule has 1 N–H and O–H groups in total. The van der Waals surface area contributed by atoms with E-state index in [4.69, 9.17) is 0 Å². The highest BCUT2D eigenvalue weighted by Gasteiger charge is 2.35. The second kappa shape index (κ2) is 8.90. The van der Waals surface area contributed by atoms with Gasteiger partial charge < -0.3 is 19.9 Å². The molecular formula is C19H20F5N5O2. The molecule has 1 aromatic heterocycles. The molecule has 0 saturated carbocycles. The van der Waals surface area contributed by atoms with E-state index in [1.165, 1.54) is 34.1 Å². The lowest BCUT2D eigenvalue weighted by atomic mass is 10.0. The molecule has 168 valence electrons. The van der Waals surface area contributed by atoms with Gasteiger partial charge in [-0.15, -0.1) is 0 Å². The first-order chi connectivity index (χ1) is 14.5. The summed E-state index contributed by atoms with van der Waals surface area (Å²) >= 11 is 0. The van der Waals surface area contributed by atoms with Crippen molar-refractivity contribution in [3.05, 3.63) is 36.0 Å². The third-order valence-corrected chi connectivity index (χ3v) is 4.58. The van der Waals surface area contributed by atoms with Crippen LogP contribution in [0.15, 0.2) is 30.3 Å². The number of anilines is 3. The number of rotatable bonds is 6. The molecule has 12 heteroatoms. The molecule has 0 bridgehead atoms. The van der Waals surface area contributed by atoms with Gasteiger partial charge in [-0.25, -0.2) is 4.98 Å². The van der Waals surface area contributed by atoms with Crippen molar-refractivity contribution in [1.29, 1.82) is 0 Å². The van der Waals surface area contributed by atoms with Crippen LogP contribution in [0.2, 0.25) is 0 Å². The van der Waals surface area contributed by atoms with E-state index < -0.39 is 24.5 Å².